The van der Waals surface area contributed by atoms with E-state index in [9.17, 15) is 53.2 Å². The first kappa shape index (κ1) is 71.9. The zero-order valence-corrected chi connectivity index (χ0v) is 55.4. The first-order chi connectivity index (χ1) is 41.8. The predicted octanol–water partition coefficient (Wildman–Crippen LogP) is 3.31. The summed E-state index contributed by atoms with van der Waals surface area (Å²) in [5, 5.41) is 30.1. The Hall–Kier alpha value is -6.49. The predicted molar refractivity (Wildman–Crippen MR) is 332 cm³/mol. The minimum absolute atomic E-state index is 0. The number of aromatic nitrogens is 2. The Balaban J connectivity index is 0.0000118. The number of ether oxygens (including phenoxy) is 1. The van der Waals surface area contributed by atoms with Crippen LogP contribution in [-0.2, 0) is 68.7 Å². The SMILES string of the molecule is C/C1=C2/[N-][C@H]([C@H](CC(N)=O)[C@@]2(C)CCC(=O)NC[C@@H](C)OP(=O)([O-])OC2C(CO)OC(n3cnc4cc(C)c(C)cc43)C2O)[C@]2(C)N=C(/C(C)=C3N=C(/C=C4N=C1[C@@H](CCC(N)=O)C\4(C)C)[C@@H](CCC(N)=O)[C@]\3(C)CC(N)=O)[C@@H](CCC(N)=O)[C@]2(C)CC(N)=O.[Co+2]. The molecule has 7 amide bonds. The number of primary amides is 6. The third-order valence-electron chi connectivity index (χ3n) is 20.5. The summed E-state index contributed by atoms with van der Waals surface area (Å²) in [7, 11) is -5.32. The molecule has 1 aromatic carbocycles. The molecule has 91 heavy (non-hydrogen) atoms. The molecule has 27 nitrogen and oxygen atoms in total. The van der Waals surface area contributed by atoms with E-state index >= 15 is 0 Å². The number of imidazole rings is 1. The summed E-state index contributed by atoms with van der Waals surface area (Å²) >= 11 is 0. The van der Waals surface area contributed by atoms with E-state index in [1.54, 1.807) is 6.92 Å². The fourth-order valence-electron chi connectivity index (χ4n) is 15.3. The number of nitrogens with two attached hydrogens (primary N) is 6. The summed E-state index contributed by atoms with van der Waals surface area (Å²) in [6.45, 7) is 19.0. The number of allylic oxidation sites excluding steroid dienone is 6. The van der Waals surface area contributed by atoms with E-state index in [0.29, 0.717) is 56.4 Å². The van der Waals surface area contributed by atoms with Gasteiger partial charge in [0.05, 0.1) is 41.3 Å². The number of phosphoric ester groups is 1. The van der Waals surface area contributed by atoms with Crippen LogP contribution in [0.2, 0.25) is 0 Å². The Bertz CT molecular complexity index is 3540. The molecular formula is C62H88CoN13O14P. The number of aliphatic hydroxyl groups excluding tert-OH is 2. The minimum Gasteiger partial charge on any atom is -0.756 e. The van der Waals surface area contributed by atoms with Crippen molar-refractivity contribution in [1.29, 1.82) is 0 Å². The van der Waals surface area contributed by atoms with E-state index < -0.39 is 143 Å². The van der Waals surface area contributed by atoms with E-state index in [1.807, 2.05) is 80.5 Å². The molecule has 7 heterocycles. The molecular weight excluding hydrogens is 1240 g/mol. The molecule has 1 radical (unpaired) electrons. The molecule has 1 aromatic heterocycles. The van der Waals surface area contributed by atoms with Gasteiger partial charge < -0.3 is 78.5 Å². The topological polar surface area (TPSA) is 465 Å². The molecule has 0 spiro atoms. The summed E-state index contributed by atoms with van der Waals surface area (Å²) in [6.07, 6.45) is -4.79. The molecule has 15 N–H and O–H groups in total. The number of aliphatic hydroxyl groups is 2. The maximum atomic E-state index is 14.4. The van der Waals surface area contributed by atoms with E-state index in [2.05, 4.69) is 10.3 Å². The summed E-state index contributed by atoms with van der Waals surface area (Å²) in [5.74, 6) is -7.40. The number of nitrogens with one attached hydrogen (secondary N) is 1. The number of fused-ring (bicyclic) bond motifs is 7. The van der Waals surface area contributed by atoms with Crippen LogP contribution in [0.3, 0.4) is 0 Å². The van der Waals surface area contributed by atoms with Gasteiger partial charge in [-0.05, 0) is 119 Å². The molecule has 2 aromatic rings. The second kappa shape index (κ2) is 26.8. The number of hydrogen-bond acceptors (Lipinski definition) is 18. The summed E-state index contributed by atoms with van der Waals surface area (Å²) in [5.41, 5.74) is 36.7. The van der Waals surface area contributed by atoms with Gasteiger partial charge in [0.1, 0.15) is 18.3 Å². The number of carbonyl (C=O) groups excluding carboxylic acids is 7. The maximum Gasteiger partial charge on any atom is 2.00 e. The van der Waals surface area contributed by atoms with E-state index in [4.69, 9.17) is 68.5 Å². The van der Waals surface area contributed by atoms with Gasteiger partial charge in [0.15, 0.2) is 6.23 Å². The van der Waals surface area contributed by atoms with Gasteiger partial charge in [-0.15, -0.1) is 0 Å². The molecule has 8 rings (SSSR count). The number of aliphatic imine (C=N–C) groups is 3. The van der Waals surface area contributed by atoms with Crippen molar-refractivity contribution >= 4 is 77.3 Å². The number of nitrogens with zero attached hydrogens (tertiary/aromatic N) is 6. The van der Waals surface area contributed by atoms with Crippen LogP contribution in [0, 0.1) is 59.2 Å². The van der Waals surface area contributed by atoms with Gasteiger partial charge in [0, 0.05) is 108 Å². The first-order valence-electron chi connectivity index (χ1n) is 30.5. The van der Waals surface area contributed by atoms with Crippen LogP contribution in [0.1, 0.15) is 150 Å². The van der Waals surface area contributed by atoms with Crippen LogP contribution in [0.15, 0.2) is 67.8 Å². The van der Waals surface area contributed by atoms with Crippen LogP contribution in [0.5, 0.6) is 0 Å². The van der Waals surface area contributed by atoms with Crippen molar-refractivity contribution in [1.82, 2.24) is 14.9 Å². The molecule has 6 aliphatic heterocycles. The Morgan fingerprint density at radius 2 is 1.38 bits per heavy atom. The Morgan fingerprint density at radius 1 is 0.791 bits per heavy atom. The number of aryl methyl sites for hydroxylation is 2. The van der Waals surface area contributed by atoms with E-state index in [-0.39, 0.29) is 94.0 Å². The molecule has 0 saturated carbocycles. The quantitative estimate of drug-likeness (QED) is 0.0610. The normalized spacial score (nSPS) is 33.8. The third-order valence-corrected chi connectivity index (χ3v) is 21.6. The van der Waals surface area contributed by atoms with Crippen molar-refractivity contribution in [2.75, 3.05) is 13.2 Å². The number of phosphoric acid groups is 1. The van der Waals surface area contributed by atoms with Gasteiger partial charge in [-0.1, -0.05) is 40.7 Å². The largest absolute Gasteiger partial charge is 2.00 e. The van der Waals surface area contributed by atoms with Crippen LogP contribution < -0.4 is 44.6 Å². The zero-order valence-electron chi connectivity index (χ0n) is 53.5. The molecule has 8 bridgehead atoms. The summed E-state index contributed by atoms with van der Waals surface area (Å²) in [6, 6.07) is 2.65. The second-order valence-corrected chi connectivity index (χ2v) is 28.3. The molecule has 29 heteroatoms. The molecule has 15 atom stereocenters. The van der Waals surface area contributed by atoms with Crippen LogP contribution in [0.4, 0.5) is 0 Å². The Labute approximate surface area is 539 Å². The zero-order chi connectivity index (χ0) is 66.7. The number of benzene rings is 1. The molecule has 2 saturated heterocycles. The van der Waals surface area contributed by atoms with E-state index in [1.165, 1.54) is 17.8 Å². The van der Waals surface area contributed by atoms with E-state index in [0.717, 1.165) is 11.1 Å². The van der Waals surface area contributed by atoms with Crippen molar-refractivity contribution in [2.24, 2.45) is 94.7 Å². The standard InChI is InChI=1S/C62H90N13O14P.Co/c1-29-20-39-40(21-30(29)2)75(28-70-39)57-52(84)53(41(27-76)87-57)89-90(85,86)88-31(3)26-69-49(83)18-19-59(8)37(22-46(66)80)56-62(11)61(10,25-48(68)82)36(14-17-45(65)79)51(74-62)33(5)55-60(9,24-47(67)81)34(12-15-43(63)77)38(71-55)23-42-58(6,7)35(13-16-44(64)78)50(72-42)32(4)54(59)73-56;/h20-21,23,28,31,34-37,41,52-53,56-57,76,84H,12-19,22,24-27H2,1-11H3,(H15,63,64,65,66,67,68,69,71,72,73,74,77,78,79,80,81,82,83,85,86);/q;+2/p-2/t31-,34-,35-,36-,37+,41?,52?,53?,56-,57?,59-,60+,61+,62+;/m1./s1. The van der Waals surface area contributed by atoms with Crippen LogP contribution in [-0.4, -0.2) is 127 Å². The first-order valence-corrected chi connectivity index (χ1v) is 32.0. The molecule has 6 aliphatic rings. The van der Waals surface area contributed by atoms with Crippen LogP contribution in [0.25, 0.3) is 16.4 Å². The average molecular weight is 1330 g/mol. The maximum absolute atomic E-state index is 14.4. The van der Waals surface area contributed by atoms with Gasteiger partial charge in [0.2, 0.25) is 41.4 Å². The van der Waals surface area contributed by atoms with Gasteiger partial charge in [-0.2, -0.15) is 5.70 Å². The van der Waals surface area contributed by atoms with Crippen molar-refractivity contribution < 1.29 is 83.8 Å². The second-order valence-electron chi connectivity index (χ2n) is 27.0. The summed E-state index contributed by atoms with van der Waals surface area (Å²) < 4.78 is 31.9. The van der Waals surface area contributed by atoms with Crippen molar-refractivity contribution in [2.45, 2.75) is 189 Å². The summed E-state index contributed by atoms with van der Waals surface area (Å²) in [4.78, 5) is 128. The van der Waals surface area contributed by atoms with Gasteiger partial charge >= 0.3 is 16.8 Å². The number of carbonyl (C=O) groups is 7. The molecule has 2 fully saturated rings. The van der Waals surface area contributed by atoms with Crippen molar-refractivity contribution in [3.63, 3.8) is 0 Å². The Morgan fingerprint density at radius 3 is 1.97 bits per heavy atom. The smallest absolute Gasteiger partial charge is 0.756 e. The third kappa shape index (κ3) is 13.8. The number of rotatable bonds is 26. The fourth-order valence-corrected chi connectivity index (χ4v) is 16.4. The minimum atomic E-state index is -5.32. The number of amides is 7. The fraction of sp³-hybridized carbons (Fsp3) is 0.629. The van der Waals surface area contributed by atoms with Gasteiger partial charge in [-0.25, -0.2) is 4.98 Å². The van der Waals surface area contributed by atoms with Crippen LogP contribution >= 0.6 is 7.82 Å². The number of hydrogen-bond donors (Lipinski definition) is 9. The Kier molecular flexibility index (Phi) is 21.2. The van der Waals surface area contributed by atoms with Gasteiger partial charge in [0.25, 0.3) is 7.82 Å². The van der Waals surface area contributed by atoms with Crippen molar-refractivity contribution in [3.05, 3.63) is 69.2 Å². The average Bonchev–Trinajstić information content (AvgIpc) is 1.53. The van der Waals surface area contributed by atoms with Crippen molar-refractivity contribution in [3.8, 4) is 0 Å². The molecule has 0 aliphatic carbocycles. The monoisotopic (exact) mass is 1330 g/mol. The van der Waals surface area contributed by atoms with Gasteiger partial charge in [-0.3, -0.25) is 53.1 Å². The molecule has 5 unspecified atom stereocenters. The molecule has 499 valence electrons.